The number of esters is 2. The number of β-lactam (4-membered cyclic amide) rings is 2. The lowest BCUT2D eigenvalue weighted by atomic mass is 9.77. The van der Waals surface area contributed by atoms with Gasteiger partial charge in [-0.05, 0) is 41.5 Å². The van der Waals surface area contributed by atoms with Crippen LogP contribution >= 0.6 is 46.2 Å². The number of benzene rings is 4. The Kier molecular flexibility index (Phi) is 19.5. The minimum absolute atomic E-state index is 0.0411. The largest absolute Gasteiger partial charge is 0.534 e. The fourth-order valence-corrected chi connectivity index (χ4v) is 13.5. The van der Waals surface area contributed by atoms with Crippen LogP contribution in [-0.2, 0) is 62.2 Å². The van der Waals surface area contributed by atoms with Crippen molar-refractivity contribution in [2.75, 3.05) is 25.7 Å². The fourth-order valence-electron chi connectivity index (χ4n) is 10.4. The van der Waals surface area contributed by atoms with Crippen LogP contribution in [0.2, 0.25) is 0 Å². The Balaban J connectivity index is 0.000000198. The van der Waals surface area contributed by atoms with Gasteiger partial charge in [0.05, 0.1) is 11.8 Å². The molecule has 2 fully saturated rings. The predicted molar refractivity (Wildman–Crippen MR) is 319 cm³/mol. The first-order chi connectivity index (χ1) is 43.3. The molecule has 3 aromatic heterocycles. The second-order valence-corrected chi connectivity index (χ2v) is 25.1. The predicted octanol–water partition coefficient (Wildman–Crippen LogP) is 7.70. The van der Waals surface area contributed by atoms with Gasteiger partial charge in [0.25, 0.3) is 0 Å². The molecule has 7 aromatic rings. The lowest BCUT2D eigenvalue weighted by Crippen LogP contribution is -2.63. The maximum Gasteiger partial charge on any atom is 0.534 e. The fraction of sp³-hybridized carbons (Fsp3) is 0.263. The van der Waals surface area contributed by atoms with Gasteiger partial charge in [0, 0.05) is 59.3 Å². The van der Waals surface area contributed by atoms with Gasteiger partial charge in [-0.1, -0.05) is 155 Å². The molecule has 90 heavy (non-hydrogen) atoms. The number of hydrogen-bond donors (Lipinski definition) is 2. The first-order valence-electron chi connectivity index (χ1n) is 26.9. The first kappa shape index (κ1) is 63.7. The van der Waals surface area contributed by atoms with Crippen molar-refractivity contribution in [3.8, 4) is 0 Å². The molecule has 11 rings (SSSR count). The van der Waals surface area contributed by atoms with E-state index in [9.17, 15) is 50.4 Å². The molecule has 0 radical (unpaired) electrons. The molecular formula is C57H49F3N12O13S5. The number of carbonyl (C=O) groups excluding carboxylic acids is 6. The summed E-state index contributed by atoms with van der Waals surface area (Å²) in [6.07, 6.45) is -2.02. The van der Waals surface area contributed by atoms with Crippen molar-refractivity contribution in [3.63, 3.8) is 0 Å². The van der Waals surface area contributed by atoms with Gasteiger partial charge >= 0.3 is 27.6 Å². The van der Waals surface area contributed by atoms with Gasteiger partial charge in [-0.15, -0.1) is 10.2 Å². The molecule has 0 aliphatic carbocycles. The molecule has 25 nitrogen and oxygen atoms in total. The number of rotatable bonds is 22. The Hall–Kier alpha value is -9.31. The zero-order chi connectivity index (χ0) is 63.9. The van der Waals surface area contributed by atoms with E-state index < -0.39 is 105 Å². The van der Waals surface area contributed by atoms with E-state index >= 15 is 0 Å². The lowest BCUT2D eigenvalue weighted by Gasteiger charge is -2.50. The number of fused-ring (bicyclic) bond motifs is 2. The maximum atomic E-state index is 14.1. The van der Waals surface area contributed by atoms with Gasteiger partial charge in [0.15, 0.2) is 61.3 Å². The van der Waals surface area contributed by atoms with E-state index in [1.165, 1.54) is 42.2 Å². The number of ketones is 2. The molecule has 4 aliphatic heterocycles. The number of thioether (sulfide) groups is 1. The van der Waals surface area contributed by atoms with Gasteiger partial charge < -0.3 is 39.7 Å². The zero-order valence-corrected chi connectivity index (χ0v) is 51.0. The smallest absolute Gasteiger partial charge is 0.448 e. The van der Waals surface area contributed by atoms with Gasteiger partial charge in [-0.3, -0.25) is 24.1 Å². The molecule has 2 amide bonds. The Morgan fingerprint density at radius 2 is 1.07 bits per heavy atom. The van der Waals surface area contributed by atoms with Crippen molar-refractivity contribution >= 4 is 113 Å². The minimum atomic E-state index is -6.22. The molecule has 33 heteroatoms. The van der Waals surface area contributed by atoms with E-state index in [0.717, 1.165) is 39.1 Å². The van der Waals surface area contributed by atoms with Crippen LogP contribution in [0.4, 0.5) is 23.4 Å². The number of allylic oxidation sites excluding steroid dienone is 2. The van der Waals surface area contributed by atoms with Crippen LogP contribution in [0, 0.1) is 11.8 Å². The Labute approximate surface area is 526 Å². The maximum absolute atomic E-state index is 14.1. The number of nitrogen functional groups attached to an aromatic ring is 2. The first-order valence-corrected chi connectivity index (χ1v) is 31.6. The molecular weight excluding hydrogens is 1280 g/mol. The lowest BCUT2D eigenvalue weighted by molar-refractivity contribution is -0.163. The molecule has 0 saturated carbocycles. The summed E-state index contributed by atoms with van der Waals surface area (Å²) >= 11 is 4.35. The van der Waals surface area contributed by atoms with Gasteiger partial charge in [0.1, 0.15) is 25.4 Å². The second kappa shape index (κ2) is 27.6. The number of Topliss-reactive ketones (excluding diaryl/α,β-unsaturated/α-hetero) is 2. The summed E-state index contributed by atoms with van der Waals surface area (Å²) in [5, 5.41) is 15.7. The minimum Gasteiger partial charge on any atom is -0.448 e. The molecule has 0 bridgehead atoms. The summed E-state index contributed by atoms with van der Waals surface area (Å²) in [5.74, 6) is -7.07. The number of nitrogens with zero attached hydrogens (tertiary/aromatic N) is 10. The summed E-state index contributed by atoms with van der Waals surface area (Å²) < 4.78 is 88.9. The number of alkyl halides is 3. The van der Waals surface area contributed by atoms with Crippen LogP contribution in [0.5, 0.6) is 0 Å². The number of nitrogens with two attached hydrogens (primary N) is 2. The summed E-state index contributed by atoms with van der Waals surface area (Å²) in [4.78, 5) is 102. The van der Waals surface area contributed by atoms with Crippen LogP contribution in [0.15, 0.2) is 164 Å². The zero-order valence-electron chi connectivity index (χ0n) is 46.9. The normalized spacial score (nSPS) is 18.4. The van der Waals surface area contributed by atoms with Crippen LogP contribution in [-0.4, -0.2) is 126 Å². The van der Waals surface area contributed by atoms with Crippen LogP contribution in [0.1, 0.15) is 84.6 Å². The van der Waals surface area contributed by atoms with E-state index in [-0.39, 0.29) is 57.8 Å². The van der Waals surface area contributed by atoms with Crippen molar-refractivity contribution in [2.24, 2.45) is 22.1 Å². The number of amides is 2. The number of carbonyl (C=O) groups is 6. The monoisotopic (exact) mass is 1330 g/mol. The molecule has 0 unspecified atom stereocenters. The summed E-state index contributed by atoms with van der Waals surface area (Å²) in [6.45, 7) is 0. The molecule has 4 aromatic carbocycles. The summed E-state index contributed by atoms with van der Waals surface area (Å²) in [6, 6.07) is 34.3. The SMILES string of the molecule is CO/N=C(/C(=O)C[C@@H]1C(=O)N2C(C(=O)OC(c3ccccc3)c3ccccc3)=C(OS(=O)(=O)C(F)(F)F)CC[C@H]12)c1nsc(N)n1.CO/N=C(/C(=O)C[C@@H]1C(=O)N2C(C(=O)OC(c3ccccc3)c3ccccc3)=C(Sc3nncs3)CC[C@H]12)c1nsc(N)n1. The van der Waals surface area contributed by atoms with Gasteiger partial charge in [-0.25, -0.2) is 9.59 Å². The number of aromatic nitrogens is 6. The van der Waals surface area contributed by atoms with E-state index in [0.29, 0.717) is 33.2 Å². The average Bonchev–Trinajstić information content (AvgIpc) is 0.755. The Morgan fingerprint density at radius 3 is 1.44 bits per heavy atom. The van der Waals surface area contributed by atoms with Crippen LogP contribution < -0.4 is 11.5 Å². The van der Waals surface area contributed by atoms with E-state index in [1.807, 2.05) is 60.7 Å². The number of oxime groups is 2. The molecule has 4 atom stereocenters. The highest BCUT2D eigenvalue weighted by Crippen LogP contribution is 2.48. The average molecular weight is 1330 g/mol. The van der Waals surface area contributed by atoms with E-state index in [4.69, 9.17) is 30.6 Å². The third-order valence-corrected chi connectivity index (χ3v) is 18.3. The van der Waals surface area contributed by atoms with Gasteiger partial charge in [-0.2, -0.15) is 40.3 Å². The number of ether oxygens (including phenoxy) is 2. The second-order valence-electron chi connectivity index (χ2n) is 19.8. The number of hydrogen-bond acceptors (Lipinski definition) is 27. The highest BCUT2D eigenvalue weighted by Gasteiger charge is 2.58. The quantitative estimate of drug-likeness (QED) is 0.0164. The van der Waals surface area contributed by atoms with Crippen molar-refractivity contribution in [2.45, 2.75) is 72.7 Å². The number of anilines is 2. The standard InChI is InChI=1S/C29H25N7O5S3.C28H24F3N5O8S2/c1-40-34-22(25-32-28(30)44-35-25)20(37)14-18-19-12-13-21(43-29-33-31-15-42-29)23(36(19)26(18)38)27(39)41-24(16-8-4-2-5-9-16)17-10-6-3-7-11-17;1-42-34-21(24-33-27(32)45-35-24)19(37)14-17-18-12-13-20(44-46(40,41)28(29,30)31)22(36(18)25(17)38)26(39)43-23(15-8-4-2-5-9-15)16-10-6-3-7-11-16/h2-11,15,18-19,24H,12-14H2,1H3,(H2,30,32,35);2-11,17-18,23H,12-14H2,1H3,(H2,32,33,35)/b34-22-;34-21-/t18-,19+;17-,18+/m00/s1. The molecule has 466 valence electrons. The Morgan fingerprint density at radius 1 is 0.656 bits per heavy atom. The molecule has 2 saturated heterocycles. The topological polar surface area (TPSA) is 343 Å². The van der Waals surface area contributed by atoms with Crippen molar-refractivity contribution < 1.29 is 73.7 Å². The highest BCUT2D eigenvalue weighted by molar-refractivity contribution is 8.04. The van der Waals surface area contributed by atoms with Crippen molar-refractivity contribution in [1.29, 1.82) is 0 Å². The van der Waals surface area contributed by atoms with Crippen molar-refractivity contribution in [3.05, 3.63) is 183 Å². The van der Waals surface area contributed by atoms with Gasteiger partial charge in [0.2, 0.25) is 23.5 Å². The van der Waals surface area contributed by atoms with Crippen LogP contribution in [0.25, 0.3) is 0 Å². The summed E-state index contributed by atoms with van der Waals surface area (Å²) in [5.41, 5.74) is 8.55. The van der Waals surface area contributed by atoms with E-state index in [2.05, 4.69) is 43.4 Å². The van der Waals surface area contributed by atoms with Crippen molar-refractivity contribution in [1.82, 2.24) is 38.7 Å². The molecule has 7 heterocycles. The third kappa shape index (κ3) is 13.8. The third-order valence-electron chi connectivity index (χ3n) is 14.3. The molecule has 4 aliphatic rings. The Bertz CT molecular complexity index is 3990. The highest BCUT2D eigenvalue weighted by atomic mass is 32.2. The molecule has 0 spiro atoms. The summed E-state index contributed by atoms with van der Waals surface area (Å²) in [7, 11) is -3.74. The van der Waals surface area contributed by atoms with E-state index in [1.54, 1.807) is 66.2 Å². The molecule has 4 N–H and O–H groups in total. The number of halogens is 3. The van der Waals surface area contributed by atoms with Crippen LogP contribution in [0.3, 0.4) is 0 Å².